The summed E-state index contributed by atoms with van der Waals surface area (Å²) in [6.07, 6.45) is 1.80. The van der Waals surface area contributed by atoms with Crippen molar-refractivity contribution in [2.45, 2.75) is 26.4 Å². The van der Waals surface area contributed by atoms with Gasteiger partial charge < -0.3 is 14.8 Å². The van der Waals surface area contributed by atoms with E-state index in [4.69, 9.17) is 9.47 Å². The Kier molecular flexibility index (Phi) is 4.85. The second kappa shape index (κ2) is 6.63. The molecular formula is C16H23N3O2. The highest BCUT2D eigenvalue weighted by Gasteiger charge is 2.15. The maximum atomic E-state index is 5.42. The third-order valence-electron chi connectivity index (χ3n) is 3.41. The zero-order valence-electron chi connectivity index (χ0n) is 13.3. The summed E-state index contributed by atoms with van der Waals surface area (Å²) in [5.74, 6) is 1.46. The summed E-state index contributed by atoms with van der Waals surface area (Å²) in [5.41, 5.74) is 3.31. The minimum atomic E-state index is 0.414. The summed E-state index contributed by atoms with van der Waals surface area (Å²) >= 11 is 0. The molecule has 5 nitrogen and oxygen atoms in total. The number of aromatic nitrogens is 2. The van der Waals surface area contributed by atoms with Crippen molar-refractivity contribution in [2.24, 2.45) is 7.05 Å². The Morgan fingerprint density at radius 1 is 1.19 bits per heavy atom. The lowest BCUT2D eigenvalue weighted by atomic mass is 10.0. The highest BCUT2D eigenvalue weighted by Crippen LogP contribution is 2.35. The van der Waals surface area contributed by atoms with Crippen LogP contribution in [0.5, 0.6) is 11.5 Å². The molecule has 1 heterocycles. The number of methoxy groups -OCH3 is 2. The molecule has 0 aliphatic heterocycles. The van der Waals surface area contributed by atoms with E-state index < -0.39 is 0 Å². The summed E-state index contributed by atoms with van der Waals surface area (Å²) < 4.78 is 12.7. The summed E-state index contributed by atoms with van der Waals surface area (Å²) in [6.45, 7) is 5.02. The van der Waals surface area contributed by atoms with E-state index in [0.29, 0.717) is 6.04 Å². The van der Waals surface area contributed by atoms with Gasteiger partial charge in [-0.1, -0.05) is 13.8 Å². The van der Waals surface area contributed by atoms with E-state index in [1.807, 2.05) is 29.9 Å². The van der Waals surface area contributed by atoms with Crippen LogP contribution in [0.3, 0.4) is 0 Å². The van der Waals surface area contributed by atoms with Gasteiger partial charge in [-0.25, -0.2) is 0 Å². The van der Waals surface area contributed by atoms with Gasteiger partial charge in [-0.15, -0.1) is 0 Å². The summed E-state index contributed by atoms with van der Waals surface area (Å²) in [5, 5.41) is 7.70. The monoisotopic (exact) mass is 289 g/mol. The van der Waals surface area contributed by atoms with E-state index in [-0.39, 0.29) is 0 Å². The maximum absolute atomic E-state index is 5.42. The fourth-order valence-electron chi connectivity index (χ4n) is 2.26. The van der Waals surface area contributed by atoms with Gasteiger partial charge in [0.05, 0.1) is 19.9 Å². The number of nitrogens with zero attached hydrogens (tertiary/aromatic N) is 2. The first kappa shape index (κ1) is 15.4. The molecule has 0 aliphatic rings. The first-order valence-corrected chi connectivity index (χ1v) is 7.03. The molecule has 0 bridgehead atoms. The quantitative estimate of drug-likeness (QED) is 0.888. The molecule has 0 fully saturated rings. The van der Waals surface area contributed by atoms with Crippen LogP contribution in [-0.4, -0.2) is 30.0 Å². The molecule has 0 aliphatic carbocycles. The average molecular weight is 289 g/mol. The van der Waals surface area contributed by atoms with Crippen LogP contribution in [0.2, 0.25) is 0 Å². The van der Waals surface area contributed by atoms with Gasteiger partial charge in [0, 0.05) is 31.4 Å². The number of nitrogens with one attached hydrogen (secondary N) is 1. The van der Waals surface area contributed by atoms with E-state index in [2.05, 4.69) is 24.3 Å². The predicted octanol–water partition coefficient (Wildman–Crippen LogP) is 2.60. The Labute approximate surface area is 125 Å². The van der Waals surface area contributed by atoms with Crippen LogP contribution in [0.4, 0.5) is 0 Å². The average Bonchev–Trinajstić information content (AvgIpc) is 2.90. The van der Waals surface area contributed by atoms with Crippen LogP contribution < -0.4 is 14.8 Å². The number of aryl methyl sites for hydroxylation is 1. The van der Waals surface area contributed by atoms with Crippen molar-refractivity contribution in [3.05, 3.63) is 30.0 Å². The van der Waals surface area contributed by atoms with Crippen LogP contribution in [-0.2, 0) is 13.6 Å². The predicted molar refractivity (Wildman–Crippen MR) is 83.7 cm³/mol. The zero-order chi connectivity index (χ0) is 15.4. The molecule has 0 saturated heterocycles. The first-order chi connectivity index (χ1) is 10.1. The smallest absolute Gasteiger partial charge is 0.161 e. The van der Waals surface area contributed by atoms with Gasteiger partial charge in [-0.05, 0) is 23.8 Å². The van der Waals surface area contributed by atoms with Gasteiger partial charge in [-0.3, -0.25) is 4.68 Å². The SMILES string of the molecule is COc1cc(CNC(C)C)c(-c2ccnn2C)cc1OC. The molecule has 21 heavy (non-hydrogen) atoms. The minimum absolute atomic E-state index is 0.414. The molecule has 0 atom stereocenters. The van der Waals surface area contributed by atoms with Gasteiger partial charge in [0.15, 0.2) is 11.5 Å². The van der Waals surface area contributed by atoms with Crippen molar-refractivity contribution in [1.82, 2.24) is 15.1 Å². The van der Waals surface area contributed by atoms with Crippen molar-refractivity contribution in [3.63, 3.8) is 0 Å². The molecule has 0 spiro atoms. The number of ether oxygens (including phenoxy) is 2. The number of hydrogen-bond donors (Lipinski definition) is 1. The Morgan fingerprint density at radius 2 is 1.86 bits per heavy atom. The third-order valence-corrected chi connectivity index (χ3v) is 3.41. The van der Waals surface area contributed by atoms with Gasteiger partial charge >= 0.3 is 0 Å². The fraction of sp³-hybridized carbons (Fsp3) is 0.438. The summed E-state index contributed by atoms with van der Waals surface area (Å²) in [6, 6.07) is 6.45. The Balaban J connectivity index is 2.51. The molecule has 5 heteroatoms. The van der Waals surface area contributed by atoms with E-state index in [0.717, 1.165) is 34.9 Å². The van der Waals surface area contributed by atoms with E-state index in [9.17, 15) is 0 Å². The molecule has 0 amide bonds. The van der Waals surface area contributed by atoms with Crippen molar-refractivity contribution < 1.29 is 9.47 Å². The summed E-state index contributed by atoms with van der Waals surface area (Å²) in [4.78, 5) is 0. The lowest BCUT2D eigenvalue weighted by Crippen LogP contribution is -2.22. The molecule has 114 valence electrons. The lowest BCUT2D eigenvalue weighted by Gasteiger charge is -2.17. The van der Waals surface area contributed by atoms with Crippen molar-refractivity contribution in [3.8, 4) is 22.8 Å². The Hall–Kier alpha value is -2.01. The van der Waals surface area contributed by atoms with Crippen molar-refractivity contribution in [1.29, 1.82) is 0 Å². The lowest BCUT2D eigenvalue weighted by molar-refractivity contribution is 0.354. The van der Waals surface area contributed by atoms with Crippen LogP contribution in [0.15, 0.2) is 24.4 Å². The fourth-order valence-corrected chi connectivity index (χ4v) is 2.26. The minimum Gasteiger partial charge on any atom is -0.493 e. The van der Waals surface area contributed by atoms with Crippen LogP contribution in [0.1, 0.15) is 19.4 Å². The van der Waals surface area contributed by atoms with E-state index in [1.165, 1.54) is 0 Å². The molecule has 0 saturated carbocycles. The molecular weight excluding hydrogens is 266 g/mol. The molecule has 1 N–H and O–H groups in total. The highest BCUT2D eigenvalue weighted by molar-refractivity contribution is 5.68. The standard InChI is InChI=1S/C16H23N3O2/c1-11(2)17-10-12-8-15(20-4)16(21-5)9-13(12)14-6-7-18-19(14)3/h6-9,11,17H,10H2,1-5H3. The van der Waals surface area contributed by atoms with Crippen LogP contribution in [0.25, 0.3) is 11.3 Å². The number of rotatable bonds is 6. The second-order valence-electron chi connectivity index (χ2n) is 5.24. The molecule has 1 aromatic heterocycles. The van der Waals surface area contributed by atoms with Gasteiger partial charge in [0.25, 0.3) is 0 Å². The van der Waals surface area contributed by atoms with Crippen molar-refractivity contribution >= 4 is 0 Å². The highest BCUT2D eigenvalue weighted by atomic mass is 16.5. The second-order valence-corrected chi connectivity index (χ2v) is 5.24. The largest absolute Gasteiger partial charge is 0.493 e. The van der Waals surface area contributed by atoms with Gasteiger partial charge in [0.1, 0.15) is 0 Å². The Bertz CT molecular complexity index is 606. The molecule has 2 rings (SSSR count). The van der Waals surface area contributed by atoms with Gasteiger partial charge in [0.2, 0.25) is 0 Å². The normalized spacial score (nSPS) is 11.0. The first-order valence-electron chi connectivity index (χ1n) is 7.03. The number of benzene rings is 1. The number of hydrogen-bond acceptors (Lipinski definition) is 4. The molecule has 2 aromatic rings. The zero-order valence-corrected chi connectivity index (χ0v) is 13.3. The van der Waals surface area contributed by atoms with E-state index >= 15 is 0 Å². The maximum Gasteiger partial charge on any atom is 0.161 e. The van der Waals surface area contributed by atoms with Crippen LogP contribution >= 0.6 is 0 Å². The van der Waals surface area contributed by atoms with Crippen LogP contribution in [0, 0.1) is 0 Å². The van der Waals surface area contributed by atoms with Crippen molar-refractivity contribution in [2.75, 3.05) is 14.2 Å². The summed E-state index contributed by atoms with van der Waals surface area (Å²) in [7, 11) is 5.24. The van der Waals surface area contributed by atoms with Gasteiger partial charge in [-0.2, -0.15) is 5.10 Å². The molecule has 0 unspecified atom stereocenters. The Morgan fingerprint density at radius 3 is 2.38 bits per heavy atom. The topological polar surface area (TPSA) is 48.3 Å². The molecule has 0 radical (unpaired) electrons. The third kappa shape index (κ3) is 3.36. The van der Waals surface area contributed by atoms with E-state index in [1.54, 1.807) is 20.4 Å². The molecule has 1 aromatic carbocycles.